The third-order valence-corrected chi connectivity index (χ3v) is 5.71. The molecule has 2 atom stereocenters. The topological polar surface area (TPSA) is 59.4 Å². The van der Waals surface area contributed by atoms with E-state index in [1.165, 1.54) is 11.3 Å². The van der Waals surface area contributed by atoms with E-state index in [1.54, 1.807) is 17.1 Å². The van der Waals surface area contributed by atoms with Crippen molar-refractivity contribution in [2.24, 2.45) is 0 Å². The van der Waals surface area contributed by atoms with E-state index in [0.717, 1.165) is 9.90 Å². The van der Waals surface area contributed by atoms with Crippen LogP contribution in [0.15, 0.2) is 40.6 Å². The molecule has 0 saturated heterocycles. The molecule has 124 valence electrons. The molecule has 0 amide bonds. The minimum atomic E-state index is -0.841. The predicted octanol–water partition coefficient (Wildman–Crippen LogP) is 3.18. The van der Waals surface area contributed by atoms with Crippen molar-refractivity contribution in [1.29, 1.82) is 0 Å². The molecule has 4 nitrogen and oxygen atoms in total. The fraction of sp³-hybridized carbons (Fsp3) is 0.333. The van der Waals surface area contributed by atoms with Gasteiger partial charge in [0.15, 0.2) is 5.69 Å². The number of esters is 1. The van der Waals surface area contributed by atoms with Gasteiger partial charge in [-0.05, 0) is 12.1 Å². The van der Waals surface area contributed by atoms with Gasteiger partial charge in [0, 0.05) is 21.8 Å². The van der Waals surface area contributed by atoms with E-state index in [-0.39, 0.29) is 17.2 Å². The molecule has 1 aromatic carbocycles. The molecule has 23 heavy (non-hydrogen) atoms. The lowest BCUT2D eigenvalue weighted by molar-refractivity contribution is -0.00169. The molecule has 2 unspecified atom stereocenters. The van der Waals surface area contributed by atoms with Crippen LogP contribution < -0.4 is 0 Å². The number of carbonyl (C=O) groups is 1. The summed E-state index contributed by atoms with van der Waals surface area (Å²) in [6.45, 7) is 0. The Morgan fingerprint density at radius 1 is 1.30 bits per heavy atom. The van der Waals surface area contributed by atoms with Gasteiger partial charge in [-0.25, -0.2) is 9.78 Å². The fourth-order valence-electron chi connectivity index (χ4n) is 1.69. The highest BCUT2D eigenvalue weighted by Gasteiger charge is 2.23. The Kier molecular flexibility index (Phi) is 7.78. The lowest BCUT2D eigenvalue weighted by Crippen LogP contribution is -2.34. The molecule has 0 aliphatic rings. The molecule has 8 heteroatoms. The van der Waals surface area contributed by atoms with Gasteiger partial charge in [-0.2, -0.15) is 25.3 Å². The first-order valence-electron chi connectivity index (χ1n) is 6.87. The van der Waals surface area contributed by atoms with Crippen LogP contribution in [0.25, 0.3) is 0 Å². The standard InChI is InChI=1S/C15H17NO3S4/c17-12(6-20)13(7-21)19-15(18)11-8-23-14(16-11)9-22-10-4-2-1-3-5-10/h1-5,8,12-13,17,20-21H,6-7,9H2. The van der Waals surface area contributed by atoms with Gasteiger partial charge in [-0.3, -0.25) is 0 Å². The van der Waals surface area contributed by atoms with Crippen molar-refractivity contribution in [1.82, 2.24) is 4.98 Å². The minimum Gasteiger partial charge on any atom is -0.454 e. The van der Waals surface area contributed by atoms with Gasteiger partial charge in [0.25, 0.3) is 0 Å². The maximum absolute atomic E-state index is 12.1. The second kappa shape index (κ2) is 9.58. The first-order chi connectivity index (χ1) is 11.1. The van der Waals surface area contributed by atoms with Crippen molar-refractivity contribution < 1.29 is 14.6 Å². The van der Waals surface area contributed by atoms with E-state index in [9.17, 15) is 9.90 Å². The van der Waals surface area contributed by atoms with E-state index >= 15 is 0 Å². The van der Waals surface area contributed by atoms with Gasteiger partial charge >= 0.3 is 5.97 Å². The van der Waals surface area contributed by atoms with Crippen molar-refractivity contribution in [3.8, 4) is 0 Å². The molecule has 0 aliphatic carbocycles. The lowest BCUT2D eigenvalue weighted by Gasteiger charge is -2.19. The fourth-order valence-corrected chi connectivity index (χ4v) is 3.94. The third-order valence-electron chi connectivity index (χ3n) is 2.92. The zero-order valence-corrected chi connectivity index (χ0v) is 15.6. The van der Waals surface area contributed by atoms with Gasteiger partial charge < -0.3 is 9.84 Å². The Hall–Kier alpha value is -0.670. The number of carbonyl (C=O) groups excluding carboxylic acids is 1. The van der Waals surface area contributed by atoms with Crippen molar-refractivity contribution in [3.05, 3.63) is 46.4 Å². The molecule has 0 saturated carbocycles. The molecular weight excluding hydrogens is 370 g/mol. The molecule has 0 fully saturated rings. The van der Waals surface area contributed by atoms with Gasteiger partial charge in [0.2, 0.25) is 0 Å². The van der Waals surface area contributed by atoms with Crippen LogP contribution >= 0.6 is 48.4 Å². The Balaban J connectivity index is 1.91. The third kappa shape index (κ3) is 5.72. The van der Waals surface area contributed by atoms with Gasteiger partial charge in [-0.15, -0.1) is 23.1 Å². The van der Waals surface area contributed by atoms with E-state index in [2.05, 4.69) is 30.2 Å². The van der Waals surface area contributed by atoms with Crippen LogP contribution in [-0.2, 0) is 10.5 Å². The summed E-state index contributed by atoms with van der Waals surface area (Å²) in [5.41, 5.74) is 0.261. The number of thiol groups is 2. The molecule has 1 aromatic heterocycles. The highest BCUT2D eigenvalue weighted by molar-refractivity contribution is 7.98. The van der Waals surface area contributed by atoms with Crippen LogP contribution in [0.2, 0.25) is 0 Å². The molecule has 2 aromatic rings. The molecule has 1 N–H and O–H groups in total. The number of ether oxygens (including phenoxy) is 1. The number of benzene rings is 1. The van der Waals surface area contributed by atoms with Crippen LogP contribution in [0.3, 0.4) is 0 Å². The molecule has 0 bridgehead atoms. The zero-order chi connectivity index (χ0) is 16.7. The number of aliphatic hydroxyl groups is 1. The van der Waals surface area contributed by atoms with E-state index in [4.69, 9.17) is 4.74 Å². The number of aromatic nitrogens is 1. The van der Waals surface area contributed by atoms with Crippen LogP contribution in [0.1, 0.15) is 15.5 Å². The van der Waals surface area contributed by atoms with Crippen LogP contribution in [0, 0.1) is 0 Å². The summed E-state index contributed by atoms with van der Waals surface area (Å²) in [5, 5.41) is 12.2. The van der Waals surface area contributed by atoms with Crippen molar-refractivity contribution in [2.75, 3.05) is 11.5 Å². The number of aliphatic hydroxyl groups excluding tert-OH is 1. The molecule has 2 rings (SSSR count). The summed E-state index contributed by atoms with van der Waals surface area (Å²) in [6.07, 6.45) is -1.53. The number of thiazole rings is 1. The number of hydrogen-bond donors (Lipinski definition) is 3. The Morgan fingerprint density at radius 3 is 2.70 bits per heavy atom. The second-order valence-corrected chi connectivity index (χ2v) is 7.33. The van der Waals surface area contributed by atoms with Crippen molar-refractivity contribution in [3.63, 3.8) is 0 Å². The van der Waals surface area contributed by atoms with Crippen molar-refractivity contribution >= 4 is 54.3 Å². The average molecular weight is 388 g/mol. The number of thioether (sulfide) groups is 1. The second-order valence-electron chi connectivity index (χ2n) is 4.60. The maximum atomic E-state index is 12.1. The zero-order valence-electron chi connectivity index (χ0n) is 12.2. The quantitative estimate of drug-likeness (QED) is 0.369. The van der Waals surface area contributed by atoms with E-state index in [0.29, 0.717) is 5.75 Å². The Morgan fingerprint density at radius 2 is 2.04 bits per heavy atom. The molecule has 0 aliphatic heterocycles. The summed E-state index contributed by atoms with van der Waals surface area (Å²) >= 11 is 11.2. The normalized spacial score (nSPS) is 13.5. The molecule has 0 radical (unpaired) electrons. The summed E-state index contributed by atoms with van der Waals surface area (Å²) in [7, 11) is 0. The lowest BCUT2D eigenvalue weighted by atomic mass is 10.2. The summed E-state index contributed by atoms with van der Waals surface area (Å²) in [5.74, 6) is 0.581. The van der Waals surface area contributed by atoms with E-state index in [1.807, 2.05) is 30.3 Å². The SMILES string of the molecule is O=C(OC(CS)C(O)CS)c1csc(CSc2ccccc2)n1. The van der Waals surface area contributed by atoms with Crippen LogP contribution in [-0.4, -0.2) is 39.8 Å². The van der Waals surface area contributed by atoms with Crippen molar-refractivity contribution in [2.45, 2.75) is 22.9 Å². The summed E-state index contributed by atoms with van der Waals surface area (Å²) in [6, 6.07) is 10.0. The highest BCUT2D eigenvalue weighted by Crippen LogP contribution is 2.24. The minimum absolute atomic E-state index is 0.203. The Labute approximate surface area is 154 Å². The number of rotatable bonds is 8. The Bertz CT molecular complexity index is 620. The summed E-state index contributed by atoms with van der Waals surface area (Å²) < 4.78 is 5.24. The summed E-state index contributed by atoms with van der Waals surface area (Å²) in [4.78, 5) is 17.5. The molecule has 0 spiro atoms. The van der Waals surface area contributed by atoms with E-state index < -0.39 is 18.2 Å². The van der Waals surface area contributed by atoms with Crippen LogP contribution in [0.4, 0.5) is 0 Å². The van der Waals surface area contributed by atoms with Gasteiger partial charge in [0.1, 0.15) is 17.2 Å². The number of nitrogens with zero attached hydrogens (tertiary/aromatic N) is 1. The average Bonchev–Trinajstić information content (AvgIpc) is 3.07. The molecule has 1 heterocycles. The first kappa shape index (κ1) is 18.7. The first-order valence-corrected chi connectivity index (χ1v) is 10.00. The van der Waals surface area contributed by atoms with Gasteiger partial charge in [0.05, 0.1) is 5.75 Å². The van der Waals surface area contributed by atoms with Gasteiger partial charge in [-0.1, -0.05) is 18.2 Å². The highest BCUT2D eigenvalue weighted by atomic mass is 32.2. The predicted molar refractivity (Wildman–Crippen MR) is 101 cm³/mol. The van der Waals surface area contributed by atoms with Crippen LogP contribution in [0.5, 0.6) is 0 Å². The number of hydrogen-bond acceptors (Lipinski definition) is 8. The molecular formula is C15H17NO3S4. The maximum Gasteiger partial charge on any atom is 0.358 e. The largest absolute Gasteiger partial charge is 0.454 e. The monoisotopic (exact) mass is 387 g/mol. The smallest absolute Gasteiger partial charge is 0.358 e.